The number of hydrogen-bond donors (Lipinski definition) is 2. The van der Waals surface area contributed by atoms with E-state index in [1.165, 1.54) is 12.7 Å². The predicted octanol–water partition coefficient (Wildman–Crippen LogP) is 2.49. The average molecular weight is 412 g/mol. The Morgan fingerprint density at radius 1 is 1.33 bits per heavy atom. The summed E-state index contributed by atoms with van der Waals surface area (Å²) in [5.41, 5.74) is 2.16. The SMILES string of the molecule is Cc1oc2ncnc(NC3(C)CC3)c2c1C(=O)C1Cc2ncnc(OCF)c2CN1. The van der Waals surface area contributed by atoms with Crippen molar-refractivity contribution in [3.63, 3.8) is 0 Å². The van der Waals surface area contributed by atoms with E-state index in [2.05, 4.69) is 37.5 Å². The molecule has 0 bridgehead atoms. The zero-order chi connectivity index (χ0) is 20.9. The Morgan fingerprint density at radius 2 is 2.13 bits per heavy atom. The summed E-state index contributed by atoms with van der Waals surface area (Å²) in [6, 6.07) is -0.519. The molecule has 1 fully saturated rings. The van der Waals surface area contributed by atoms with E-state index in [0.29, 0.717) is 52.5 Å². The highest BCUT2D eigenvalue weighted by Crippen LogP contribution is 2.40. The molecule has 2 aliphatic rings. The molecule has 1 aliphatic carbocycles. The van der Waals surface area contributed by atoms with Gasteiger partial charge in [-0.2, -0.15) is 0 Å². The van der Waals surface area contributed by atoms with E-state index in [-0.39, 0.29) is 17.2 Å². The van der Waals surface area contributed by atoms with Gasteiger partial charge in [0, 0.05) is 24.1 Å². The van der Waals surface area contributed by atoms with Crippen molar-refractivity contribution >= 4 is 22.7 Å². The third-order valence-corrected chi connectivity index (χ3v) is 5.76. The number of alkyl halides is 1. The highest BCUT2D eigenvalue weighted by molar-refractivity contribution is 6.13. The van der Waals surface area contributed by atoms with Crippen LogP contribution in [-0.4, -0.2) is 44.2 Å². The Labute approximate surface area is 171 Å². The van der Waals surface area contributed by atoms with E-state index in [4.69, 9.17) is 9.15 Å². The number of ketones is 1. The third-order valence-electron chi connectivity index (χ3n) is 5.76. The van der Waals surface area contributed by atoms with E-state index >= 15 is 0 Å². The minimum Gasteiger partial charge on any atom is -0.445 e. The molecule has 30 heavy (non-hydrogen) atoms. The van der Waals surface area contributed by atoms with Gasteiger partial charge in [-0.25, -0.2) is 24.3 Å². The van der Waals surface area contributed by atoms with Gasteiger partial charge >= 0.3 is 0 Å². The highest BCUT2D eigenvalue weighted by atomic mass is 19.1. The normalized spacial score (nSPS) is 19.4. The second kappa shape index (κ2) is 6.98. The van der Waals surface area contributed by atoms with E-state index in [1.807, 2.05) is 0 Å². The lowest BCUT2D eigenvalue weighted by Gasteiger charge is -2.25. The second-order valence-electron chi connectivity index (χ2n) is 7.98. The van der Waals surface area contributed by atoms with Gasteiger partial charge in [0.25, 0.3) is 0 Å². The fourth-order valence-corrected chi connectivity index (χ4v) is 3.84. The lowest BCUT2D eigenvalue weighted by Crippen LogP contribution is -2.42. The second-order valence-corrected chi connectivity index (χ2v) is 7.98. The molecular weight excluding hydrogens is 391 g/mol. The van der Waals surface area contributed by atoms with Crippen molar-refractivity contribution in [2.45, 2.75) is 51.2 Å². The number of Topliss-reactive ketones (excluding diaryl/α,β-unsaturated/α-hetero) is 1. The molecule has 0 amide bonds. The number of rotatable bonds is 6. The topological polar surface area (TPSA) is 115 Å². The summed E-state index contributed by atoms with van der Waals surface area (Å²) in [7, 11) is 0. The Bertz CT molecular complexity index is 1140. The van der Waals surface area contributed by atoms with Crippen LogP contribution in [0.15, 0.2) is 17.1 Å². The molecule has 4 heterocycles. The van der Waals surface area contributed by atoms with E-state index in [1.54, 1.807) is 6.92 Å². The Balaban J connectivity index is 1.50. The molecule has 3 aromatic heterocycles. The standard InChI is InChI=1S/C20H21FN6O3/c1-10-14(15-17(27-20(2)3-4-20)24-9-26-19(15)30-10)16(28)13-5-12-11(6-22-13)18(29-7-21)25-8-23-12/h8-9,13,22H,3-7H2,1-2H3,(H,24,26,27). The van der Waals surface area contributed by atoms with Crippen LogP contribution in [0.25, 0.3) is 11.1 Å². The first-order valence-corrected chi connectivity index (χ1v) is 9.80. The monoisotopic (exact) mass is 412 g/mol. The summed E-state index contributed by atoms with van der Waals surface area (Å²) >= 11 is 0. The quantitative estimate of drug-likeness (QED) is 0.589. The largest absolute Gasteiger partial charge is 0.445 e. The molecule has 1 aliphatic heterocycles. The number of ether oxygens (including phenoxy) is 1. The summed E-state index contributed by atoms with van der Waals surface area (Å²) in [6.45, 7) is 3.20. The fraction of sp³-hybridized carbons (Fsp3) is 0.450. The van der Waals surface area contributed by atoms with Crippen molar-refractivity contribution in [1.29, 1.82) is 0 Å². The molecule has 5 rings (SSSR count). The molecule has 1 saturated carbocycles. The van der Waals surface area contributed by atoms with Gasteiger partial charge in [-0.15, -0.1) is 0 Å². The van der Waals surface area contributed by atoms with Crippen LogP contribution in [0.3, 0.4) is 0 Å². The summed E-state index contributed by atoms with van der Waals surface area (Å²) in [6.07, 6.45) is 5.18. The maximum Gasteiger partial charge on any atom is 0.232 e. The number of halogens is 1. The third kappa shape index (κ3) is 3.17. The number of aromatic nitrogens is 4. The van der Waals surface area contributed by atoms with Crippen molar-refractivity contribution in [2.75, 3.05) is 12.2 Å². The smallest absolute Gasteiger partial charge is 0.232 e. The van der Waals surface area contributed by atoms with Crippen molar-refractivity contribution in [3.8, 4) is 5.88 Å². The van der Waals surface area contributed by atoms with Crippen LogP contribution in [0.2, 0.25) is 0 Å². The number of carbonyl (C=O) groups is 1. The van der Waals surface area contributed by atoms with Crippen molar-refractivity contribution < 1.29 is 18.3 Å². The van der Waals surface area contributed by atoms with Crippen LogP contribution in [0.5, 0.6) is 5.88 Å². The Hall–Kier alpha value is -3.14. The van der Waals surface area contributed by atoms with E-state index in [9.17, 15) is 9.18 Å². The molecule has 0 aromatic carbocycles. The molecule has 156 valence electrons. The lowest BCUT2D eigenvalue weighted by atomic mass is 9.93. The number of aryl methyl sites for hydroxylation is 1. The summed E-state index contributed by atoms with van der Waals surface area (Å²) < 4.78 is 23.3. The van der Waals surface area contributed by atoms with Gasteiger partial charge < -0.3 is 19.8 Å². The van der Waals surface area contributed by atoms with Crippen LogP contribution in [0.1, 0.15) is 47.1 Å². The number of anilines is 1. The number of nitrogens with one attached hydrogen (secondary N) is 2. The van der Waals surface area contributed by atoms with Gasteiger partial charge in [0.05, 0.1) is 22.7 Å². The minimum absolute atomic E-state index is 0.0153. The fourth-order valence-electron chi connectivity index (χ4n) is 3.84. The van der Waals surface area contributed by atoms with Gasteiger partial charge in [0.1, 0.15) is 24.2 Å². The van der Waals surface area contributed by atoms with Gasteiger partial charge in [-0.1, -0.05) is 0 Å². The molecule has 0 saturated heterocycles. The number of nitrogens with zero attached hydrogens (tertiary/aromatic N) is 4. The van der Waals surface area contributed by atoms with Crippen LogP contribution in [-0.2, 0) is 13.0 Å². The Kier molecular flexibility index (Phi) is 4.39. The van der Waals surface area contributed by atoms with Gasteiger partial charge in [0.2, 0.25) is 18.5 Å². The van der Waals surface area contributed by atoms with Crippen LogP contribution < -0.4 is 15.4 Å². The summed E-state index contributed by atoms with van der Waals surface area (Å²) in [4.78, 5) is 30.3. The van der Waals surface area contributed by atoms with Crippen LogP contribution >= 0.6 is 0 Å². The molecule has 10 heteroatoms. The number of hydrogen-bond acceptors (Lipinski definition) is 9. The zero-order valence-electron chi connectivity index (χ0n) is 16.7. The van der Waals surface area contributed by atoms with E-state index in [0.717, 1.165) is 12.8 Å². The lowest BCUT2D eigenvalue weighted by molar-refractivity contribution is 0.0935. The van der Waals surface area contributed by atoms with Crippen molar-refractivity contribution in [1.82, 2.24) is 25.3 Å². The Morgan fingerprint density at radius 3 is 2.90 bits per heavy atom. The van der Waals surface area contributed by atoms with Gasteiger partial charge in [0.15, 0.2) is 5.78 Å². The molecule has 0 radical (unpaired) electrons. The van der Waals surface area contributed by atoms with Crippen molar-refractivity contribution in [2.24, 2.45) is 0 Å². The molecule has 9 nitrogen and oxygen atoms in total. The maximum absolute atomic E-state index is 13.5. The molecule has 1 unspecified atom stereocenters. The zero-order valence-corrected chi connectivity index (χ0v) is 16.7. The molecule has 3 aromatic rings. The first-order chi connectivity index (χ1) is 14.5. The predicted molar refractivity (Wildman–Crippen MR) is 105 cm³/mol. The number of fused-ring (bicyclic) bond motifs is 2. The minimum atomic E-state index is -0.972. The van der Waals surface area contributed by atoms with E-state index < -0.39 is 12.9 Å². The van der Waals surface area contributed by atoms with Crippen molar-refractivity contribution in [3.05, 3.63) is 35.2 Å². The average Bonchev–Trinajstić information content (AvgIpc) is 3.35. The highest BCUT2D eigenvalue weighted by Gasteiger charge is 2.39. The molecular formula is C20H21FN6O3. The molecule has 2 N–H and O–H groups in total. The number of carbonyl (C=O) groups excluding carboxylic acids is 1. The van der Waals surface area contributed by atoms with Crippen LogP contribution in [0, 0.1) is 6.92 Å². The first-order valence-electron chi connectivity index (χ1n) is 9.80. The molecule has 0 spiro atoms. The van der Waals surface area contributed by atoms with Gasteiger partial charge in [-0.05, 0) is 26.7 Å². The van der Waals surface area contributed by atoms with Gasteiger partial charge in [-0.3, -0.25) is 4.79 Å². The molecule has 1 atom stereocenters. The summed E-state index contributed by atoms with van der Waals surface area (Å²) in [5, 5.41) is 7.23. The van der Waals surface area contributed by atoms with Crippen LogP contribution in [0.4, 0.5) is 10.2 Å². The summed E-state index contributed by atoms with van der Waals surface area (Å²) in [5.74, 6) is 1.18. The number of furan rings is 1. The first kappa shape index (κ1) is 18.9. The maximum atomic E-state index is 13.5.